The van der Waals surface area contributed by atoms with Crippen molar-refractivity contribution in [2.24, 2.45) is 4.99 Å². The Morgan fingerprint density at radius 3 is 1.88 bits per heavy atom. The van der Waals surface area contributed by atoms with Crippen molar-refractivity contribution < 1.29 is 0 Å². The quantitative estimate of drug-likeness (QED) is 0.146. The van der Waals surface area contributed by atoms with Crippen LogP contribution in [0.5, 0.6) is 0 Å². The highest BCUT2D eigenvalue weighted by molar-refractivity contribution is 8.09. The number of thioether (sulfide) groups is 1. The summed E-state index contributed by atoms with van der Waals surface area (Å²) in [6.45, 7) is 4.64. The summed E-state index contributed by atoms with van der Waals surface area (Å²) < 4.78 is 0.263. The Hall–Kier alpha value is -5.12. The van der Waals surface area contributed by atoms with Crippen LogP contribution in [0.25, 0.3) is 32.9 Å². The second-order valence-corrected chi connectivity index (χ2v) is 14.7. The third-order valence-corrected chi connectivity index (χ3v) is 10.2. The average Bonchev–Trinajstić information content (AvgIpc) is 3.49. The molecule has 0 spiro atoms. The van der Waals surface area contributed by atoms with Crippen LogP contribution in [0.15, 0.2) is 157 Å². The number of hydrogen-bond acceptors (Lipinski definition) is 3. The third kappa shape index (κ3) is 7.07. The Balaban J connectivity index is 1.14. The van der Waals surface area contributed by atoms with E-state index in [-0.39, 0.29) is 4.75 Å². The second kappa shape index (κ2) is 13.9. The first-order valence-electron chi connectivity index (χ1n) is 16.6. The van der Waals surface area contributed by atoms with Gasteiger partial charge in [0.05, 0.1) is 5.69 Å². The number of benzene rings is 6. The topological polar surface area (TPSA) is 15.6 Å². The molecule has 0 unspecified atom stereocenters. The van der Waals surface area contributed by atoms with Gasteiger partial charge >= 0.3 is 0 Å². The fraction of sp³-hybridized carbons (Fsp3) is 0.133. The van der Waals surface area contributed by atoms with Crippen molar-refractivity contribution in [3.05, 3.63) is 174 Å². The van der Waals surface area contributed by atoms with Crippen LogP contribution >= 0.6 is 11.8 Å². The van der Waals surface area contributed by atoms with Crippen molar-refractivity contribution in [1.29, 1.82) is 0 Å². The molecule has 0 atom stereocenters. The van der Waals surface area contributed by atoms with E-state index in [0.717, 1.165) is 24.2 Å². The van der Waals surface area contributed by atoms with Crippen molar-refractivity contribution >= 4 is 56.8 Å². The van der Waals surface area contributed by atoms with E-state index in [4.69, 9.17) is 0 Å². The molecule has 0 bridgehead atoms. The van der Waals surface area contributed by atoms with Crippen molar-refractivity contribution in [2.45, 2.75) is 31.4 Å². The van der Waals surface area contributed by atoms with E-state index in [9.17, 15) is 0 Å². The Labute approximate surface area is 289 Å². The van der Waals surface area contributed by atoms with Gasteiger partial charge < -0.3 is 4.90 Å². The maximum absolute atomic E-state index is 4.00. The lowest BCUT2D eigenvalue weighted by molar-refractivity contribution is 0.740. The lowest BCUT2D eigenvalue weighted by Crippen LogP contribution is -2.10. The van der Waals surface area contributed by atoms with E-state index in [2.05, 4.69) is 175 Å². The Morgan fingerprint density at radius 2 is 1.25 bits per heavy atom. The molecule has 7 rings (SSSR count). The highest BCUT2D eigenvalue weighted by atomic mass is 32.2. The highest BCUT2D eigenvalue weighted by Gasteiger charge is 2.26. The van der Waals surface area contributed by atoms with Crippen LogP contribution in [0, 0.1) is 0 Å². The smallest absolute Gasteiger partial charge is 0.0540 e. The van der Waals surface area contributed by atoms with Gasteiger partial charge in [-0.25, -0.2) is 0 Å². The maximum atomic E-state index is 4.00. The van der Waals surface area contributed by atoms with E-state index >= 15 is 0 Å². The molecule has 6 aromatic rings. The van der Waals surface area contributed by atoms with Crippen LogP contribution in [0.3, 0.4) is 0 Å². The summed E-state index contributed by atoms with van der Waals surface area (Å²) in [5.74, 6) is 0. The molecule has 0 N–H and O–H groups in total. The molecule has 0 radical (unpaired) electrons. The average molecular weight is 641 g/mol. The van der Waals surface area contributed by atoms with Crippen LogP contribution < -0.4 is 4.90 Å². The summed E-state index contributed by atoms with van der Waals surface area (Å²) in [5, 5.41) is 2.47. The van der Waals surface area contributed by atoms with Crippen molar-refractivity contribution in [3.8, 4) is 11.1 Å². The fourth-order valence-corrected chi connectivity index (χ4v) is 7.52. The van der Waals surface area contributed by atoms with Crippen molar-refractivity contribution in [1.82, 2.24) is 0 Å². The monoisotopic (exact) mass is 640 g/mol. The molecule has 0 amide bonds. The maximum Gasteiger partial charge on any atom is 0.0540 e. The molecule has 2 nitrogen and oxygen atoms in total. The van der Waals surface area contributed by atoms with Crippen LogP contribution in [0.2, 0.25) is 0 Å². The molecule has 0 aliphatic carbocycles. The number of anilines is 3. The molecule has 3 heteroatoms. The SMILES string of the molecule is CN=C/C=C/c1ccc(Cc2ccc(-c3ccc(N(c4ccc(C5=CCC(C)(C)S5)cc4)c4cccc5ccccc45)cc3)cc2)cc1. The van der Waals surface area contributed by atoms with Gasteiger partial charge in [0.15, 0.2) is 0 Å². The van der Waals surface area contributed by atoms with Gasteiger partial charge in [-0.15, -0.1) is 11.8 Å². The van der Waals surface area contributed by atoms with Crippen molar-refractivity contribution in [3.63, 3.8) is 0 Å². The minimum Gasteiger partial charge on any atom is -0.310 e. The standard InChI is InChI=1S/C45H40N2S/c1-45(2)30-29-44(48-45)39-23-27-41(28-24-39)47(43-12-6-10-38-9-4-5-11-42(38)43)40-25-21-37(22-26-40)36-19-17-35(18-20-36)32-34-15-13-33(14-16-34)8-7-31-46-3/h4-29,31H,30,32H2,1-3H3/b8-7+,46-31?. The van der Waals surface area contributed by atoms with Crippen LogP contribution in [0.4, 0.5) is 17.1 Å². The largest absolute Gasteiger partial charge is 0.310 e. The number of allylic oxidation sites excluding steroid dienone is 2. The molecule has 236 valence electrons. The first-order valence-corrected chi connectivity index (χ1v) is 17.4. The van der Waals surface area contributed by atoms with Crippen LogP contribution in [0.1, 0.15) is 42.5 Å². The predicted molar refractivity (Wildman–Crippen MR) is 211 cm³/mol. The van der Waals surface area contributed by atoms with E-state index < -0.39 is 0 Å². The first kappa shape index (κ1) is 31.5. The number of fused-ring (bicyclic) bond motifs is 1. The molecular formula is C45H40N2S. The van der Waals surface area contributed by atoms with Gasteiger partial charge in [0.25, 0.3) is 0 Å². The van der Waals surface area contributed by atoms with Gasteiger partial charge in [0.2, 0.25) is 0 Å². The molecule has 1 heterocycles. The first-order chi connectivity index (χ1) is 23.5. The van der Waals surface area contributed by atoms with E-state index in [1.807, 2.05) is 17.8 Å². The second-order valence-electron chi connectivity index (χ2n) is 12.9. The zero-order valence-corrected chi connectivity index (χ0v) is 28.6. The van der Waals surface area contributed by atoms with Crippen LogP contribution in [-0.4, -0.2) is 18.0 Å². The molecule has 6 aromatic carbocycles. The summed E-state index contributed by atoms with van der Waals surface area (Å²) in [5.41, 5.74) is 11.0. The van der Waals surface area contributed by atoms with E-state index in [0.29, 0.717) is 0 Å². The van der Waals surface area contributed by atoms with Gasteiger partial charge in [-0.3, -0.25) is 4.99 Å². The number of hydrogen-bond donors (Lipinski definition) is 0. The Kier molecular flexibility index (Phi) is 9.14. The van der Waals surface area contributed by atoms with Crippen molar-refractivity contribution in [2.75, 3.05) is 11.9 Å². The summed E-state index contributed by atoms with van der Waals surface area (Å²) >= 11 is 1.98. The lowest BCUT2D eigenvalue weighted by Gasteiger charge is -2.27. The minimum absolute atomic E-state index is 0.263. The van der Waals surface area contributed by atoms with Gasteiger partial charge in [-0.1, -0.05) is 135 Å². The van der Waals surface area contributed by atoms with Gasteiger partial charge in [-0.05, 0) is 88.0 Å². The third-order valence-electron chi connectivity index (χ3n) is 8.91. The number of nitrogens with zero attached hydrogens (tertiary/aromatic N) is 2. The summed E-state index contributed by atoms with van der Waals surface area (Å²) in [4.78, 5) is 7.76. The number of aliphatic imine (C=N–C) groups is 1. The predicted octanol–water partition coefficient (Wildman–Crippen LogP) is 12.5. The molecule has 0 saturated heterocycles. The minimum atomic E-state index is 0.263. The lowest BCUT2D eigenvalue weighted by atomic mass is 9.99. The zero-order chi connectivity index (χ0) is 32.9. The molecule has 0 aromatic heterocycles. The summed E-state index contributed by atoms with van der Waals surface area (Å²) in [6, 6.07) is 51.0. The van der Waals surface area contributed by atoms with E-state index in [1.165, 1.54) is 54.7 Å². The van der Waals surface area contributed by atoms with Gasteiger partial charge in [-0.2, -0.15) is 0 Å². The molecule has 48 heavy (non-hydrogen) atoms. The Bertz CT molecular complexity index is 2100. The number of rotatable bonds is 9. The molecule has 0 saturated carbocycles. The fourth-order valence-electron chi connectivity index (χ4n) is 6.34. The highest BCUT2D eigenvalue weighted by Crippen LogP contribution is 2.47. The van der Waals surface area contributed by atoms with Gasteiger partial charge in [0.1, 0.15) is 0 Å². The van der Waals surface area contributed by atoms with Crippen LogP contribution in [-0.2, 0) is 6.42 Å². The van der Waals surface area contributed by atoms with Gasteiger partial charge in [0, 0.05) is 39.7 Å². The molecular weight excluding hydrogens is 601 g/mol. The summed E-state index contributed by atoms with van der Waals surface area (Å²) in [7, 11) is 1.78. The molecule has 1 aliphatic rings. The molecule has 1 aliphatic heterocycles. The van der Waals surface area contributed by atoms with E-state index in [1.54, 1.807) is 13.3 Å². The normalized spacial score (nSPS) is 14.2. The Morgan fingerprint density at radius 1 is 0.667 bits per heavy atom. The summed E-state index contributed by atoms with van der Waals surface area (Å²) in [6.07, 6.45) is 10.2. The molecule has 0 fully saturated rings. The zero-order valence-electron chi connectivity index (χ0n) is 27.8.